The van der Waals surface area contributed by atoms with E-state index in [9.17, 15) is 9.59 Å². The summed E-state index contributed by atoms with van der Waals surface area (Å²) in [4.78, 5) is 28.4. The maximum absolute atomic E-state index is 12.6. The molecule has 1 N–H and O–H groups in total. The Balaban J connectivity index is 1.48. The molecule has 2 fully saturated rings. The van der Waals surface area contributed by atoms with Gasteiger partial charge in [0.05, 0.1) is 38.5 Å². The minimum Gasteiger partial charge on any atom is -0.497 e. The fourth-order valence-corrected chi connectivity index (χ4v) is 3.20. The largest absolute Gasteiger partial charge is 0.497 e. The van der Waals surface area contributed by atoms with E-state index in [0.717, 1.165) is 45.8 Å². The number of amides is 2. The molecule has 2 amide bonds. The summed E-state index contributed by atoms with van der Waals surface area (Å²) in [5.74, 6) is 0.350. The quantitative estimate of drug-likeness (QED) is 0.577. The summed E-state index contributed by atoms with van der Waals surface area (Å²) in [5.41, 5.74) is 0.591. The molecule has 2 aliphatic rings. The maximum Gasteiger partial charge on any atom is 0.251 e. The molecule has 0 aromatic heterocycles. The van der Waals surface area contributed by atoms with E-state index in [0.29, 0.717) is 11.4 Å². The van der Waals surface area contributed by atoms with E-state index >= 15 is 0 Å². The number of hydrogen-bond donors (Lipinski definition) is 1. The number of anilines is 1. The van der Waals surface area contributed by atoms with Gasteiger partial charge in [-0.3, -0.25) is 14.5 Å². The van der Waals surface area contributed by atoms with Crippen molar-refractivity contribution >= 4 is 17.5 Å². The van der Waals surface area contributed by atoms with Crippen molar-refractivity contribution in [2.75, 3.05) is 51.4 Å². The number of benzene rings is 1. The lowest BCUT2D eigenvalue weighted by Crippen LogP contribution is -2.41. The molecule has 2 heterocycles. The van der Waals surface area contributed by atoms with Crippen LogP contribution in [0.3, 0.4) is 0 Å². The zero-order valence-electron chi connectivity index (χ0n) is 14.6. The Morgan fingerprint density at radius 3 is 2.60 bits per heavy atom. The van der Waals surface area contributed by atoms with Gasteiger partial charge in [-0.05, 0) is 43.8 Å². The number of nitrogens with zero attached hydrogens (tertiary/aromatic N) is 2. The predicted octanol–water partition coefficient (Wildman–Crippen LogP) is 0.639. The molecule has 136 valence electrons. The van der Waals surface area contributed by atoms with Gasteiger partial charge in [0, 0.05) is 13.1 Å². The summed E-state index contributed by atoms with van der Waals surface area (Å²) in [5, 5.41) is 3.23. The number of carbonyl (C=O) groups excluding carboxylic acids is 2. The summed E-state index contributed by atoms with van der Waals surface area (Å²) < 4.78 is 10.4. The second-order valence-electron chi connectivity index (χ2n) is 6.28. The minimum absolute atomic E-state index is 0.166. The van der Waals surface area contributed by atoms with Gasteiger partial charge in [0.1, 0.15) is 5.75 Å². The lowest BCUT2D eigenvalue weighted by atomic mass is 10.2. The molecule has 0 saturated carbocycles. The molecular formula is C18H25N3O4. The molecule has 25 heavy (non-hydrogen) atoms. The highest BCUT2D eigenvalue weighted by Crippen LogP contribution is 2.25. The SMILES string of the molecule is COc1ccc(N2C(=O)C[C@@H](NCCCN3CCOCC3)C2=O)cc1. The maximum atomic E-state index is 12.6. The molecular weight excluding hydrogens is 322 g/mol. The first-order valence-corrected chi connectivity index (χ1v) is 8.73. The van der Waals surface area contributed by atoms with Crippen LogP contribution in [0, 0.1) is 0 Å². The number of nitrogens with one attached hydrogen (secondary N) is 1. The molecule has 0 spiro atoms. The van der Waals surface area contributed by atoms with E-state index in [1.54, 1.807) is 31.4 Å². The fourth-order valence-electron chi connectivity index (χ4n) is 3.20. The topological polar surface area (TPSA) is 71.1 Å². The van der Waals surface area contributed by atoms with Crippen LogP contribution in [-0.4, -0.2) is 69.3 Å². The number of rotatable bonds is 7. The Bertz CT molecular complexity index is 599. The molecule has 1 aromatic carbocycles. The normalized spacial score (nSPS) is 21.8. The smallest absolute Gasteiger partial charge is 0.251 e. The van der Waals surface area contributed by atoms with Gasteiger partial charge in [0.15, 0.2) is 0 Å². The molecule has 1 aromatic rings. The monoisotopic (exact) mass is 347 g/mol. The fraction of sp³-hybridized carbons (Fsp3) is 0.556. The molecule has 0 unspecified atom stereocenters. The number of ether oxygens (including phenoxy) is 2. The number of carbonyl (C=O) groups is 2. The van der Waals surface area contributed by atoms with Crippen molar-refractivity contribution in [1.29, 1.82) is 0 Å². The van der Waals surface area contributed by atoms with Crippen molar-refractivity contribution < 1.29 is 19.1 Å². The molecule has 7 nitrogen and oxygen atoms in total. The predicted molar refractivity (Wildman–Crippen MR) is 93.8 cm³/mol. The lowest BCUT2D eigenvalue weighted by molar-refractivity contribution is -0.121. The van der Waals surface area contributed by atoms with Gasteiger partial charge in [0.2, 0.25) is 5.91 Å². The Kier molecular flexibility index (Phi) is 6.01. The molecule has 0 bridgehead atoms. The van der Waals surface area contributed by atoms with Gasteiger partial charge in [-0.1, -0.05) is 0 Å². The zero-order chi connectivity index (χ0) is 17.6. The van der Waals surface area contributed by atoms with Crippen LogP contribution >= 0.6 is 0 Å². The van der Waals surface area contributed by atoms with Gasteiger partial charge in [-0.2, -0.15) is 0 Å². The van der Waals surface area contributed by atoms with Gasteiger partial charge in [0.25, 0.3) is 5.91 Å². The molecule has 0 radical (unpaired) electrons. The summed E-state index contributed by atoms with van der Waals surface area (Å²) >= 11 is 0. The molecule has 3 rings (SSSR count). The van der Waals surface area contributed by atoms with Gasteiger partial charge < -0.3 is 14.8 Å². The van der Waals surface area contributed by atoms with E-state index in [1.165, 1.54) is 4.90 Å². The van der Waals surface area contributed by atoms with E-state index < -0.39 is 6.04 Å². The molecule has 2 aliphatic heterocycles. The van der Waals surface area contributed by atoms with Crippen molar-refractivity contribution in [2.45, 2.75) is 18.9 Å². The highest BCUT2D eigenvalue weighted by Gasteiger charge is 2.39. The van der Waals surface area contributed by atoms with Crippen LogP contribution in [0.1, 0.15) is 12.8 Å². The average molecular weight is 347 g/mol. The second-order valence-corrected chi connectivity index (χ2v) is 6.28. The number of imide groups is 1. The zero-order valence-corrected chi connectivity index (χ0v) is 14.6. The van der Waals surface area contributed by atoms with Crippen molar-refractivity contribution in [3.05, 3.63) is 24.3 Å². The van der Waals surface area contributed by atoms with Crippen molar-refractivity contribution in [1.82, 2.24) is 10.2 Å². The first kappa shape index (κ1) is 17.8. The van der Waals surface area contributed by atoms with E-state index in [2.05, 4.69) is 10.2 Å². The summed E-state index contributed by atoms with van der Waals surface area (Å²) in [6.07, 6.45) is 1.16. The minimum atomic E-state index is -0.431. The Hall–Kier alpha value is -1.96. The lowest BCUT2D eigenvalue weighted by Gasteiger charge is -2.26. The summed E-state index contributed by atoms with van der Waals surface area (Å²) in [7, 11) is 1.58. The third-order valence-corrected chi connectivity index (χ3v) is 4.62. The Morgan fingerprint density at radius 1 is 1.20 bits per heavy atom. The Morgan fingerprint density at radius 2 is 1.92 bits per heavy atom. The molecule has 0 aliphatic carbocycles. The first-order valence-electron chi connectivity index (χ1n) is 8.73. The van der Waals surface area contributed by atoms with E-state index in [4.69, 9.17) is 9.47 Å². The van der Waals surface area contributed by atoms with Crippen LogP contribution in [0.5, 0.6) is 5.75 Å². The third kappa shape index (κ3) is 4.36. The van der Waals surface area contributed by atoms with E-state index in [-0.39, 0.29) is 18.2 Å². The first-order chi connectivity index (χ1) is 12.2. The molecule has 2 saturated heterocycles. The molecule has 7 heteroatoms. The van der Waals surface area contributed by atoms with Gasteiger partial charge >= 0.3 is 0 Å². The highest BCUT2D eigenvalue weighted by atomic mass is 16.5. The Labute approximate surface area is 147 Å². The van der Waals surface area contributed by atoms with Crippen LogP contribution in [0.25, 0.3) is 0 Å². The highest BCUT2D eigenvalue weighted by molar-refractivity contribution is 6.22. The van der Waals surface area contributed by atoms with E-state index in [1.807, 2.05) is 0 Å². The standard InChI is InChI=1S/C18H25N3O4/c1-24-15-5-3-14(4-6-15)21-17(22)13-16(18(21)23)19-7-2-8-20-9-11-25-12-10-20/h3-6,16,19H,2,7-13H2,1H3/t16-/m1/s1. The molecule has 1 atom stereocenters. The van der Waals surface area contributed by atoms with Gasteiger partial charge in [-0.25, -0.2) is 4.90 Å². The van der Waals surface area contributed by atoms with Crippen LogP contribution in [0.15, 0.2) is 24.3 Å². The van der Waals surface area contributed by atoms with Crippen LogP contribution in [0.2, 0.25) is 0 Å². The summed E-state index contributed by atoms with van der Waals surface area (Å²) in [6, 6.07) is 6.53. The number of morpholine rings is 1. The summed E-state index contributed by atoms with van der Waals surface area (Å²) in [6.45, 7) is 5.21. The van der Waals surface area contributed by atoms with Crippen molar-refractivity contribution in [3.63, 3.8) is 0 Å². The van der Waals surface area contributed by atoms with Crippen LogP contribution in [-0.2, 0) is 14.3 Å². The van der Waals surface area contributed by atoms with Crippen LogP contribution in [0.4, 0.5) is 5.69 Å². The van der Waals surface area contributed by atoms with Gasteiger partial charge in [-0.15, -0.1) is 0 Å². The average Bonchev–Trinajstić information content (AvgIpc) is 2.93. The van der Waals surface area contributed by atoms with Crippen molar-refractivity contribution in [2.24, 2.45) is 0 Å². The second kappa shape index (κ2) is 8.42. The number of hydrogen-bond acceptors (Lipinski definition) is 6. The number of methoxy groups -OCH3 is 1. The van der Waals surface area contributed by atoms with Crippen molar-refractivity contribution in [3.8, 4) is 5.75 Å². The van der Waals surface area contributed by atoms with Crippen LogP contribution < -0.4 is 15.0 Å². The third-order valence-electron chi connectivity index (χ3n) is 4.62.